The van der Waals surface area contributed by atoms with Crippen LogP contribution in [0.3, 0.4) is 0 Å². The predicted octanol–water partition coefficient (Wildman–Crippen LogP) is 1.75. The first-order chi connectivity index (χ1) is 8.06. The maximum atomic E-state index is 11.6. The van der Waals surface area contributed by atoms with E-state index in [4.69, 9.17) is 10.5 Å². The molecule has 2 N–H and O–H groups in total. The van der Waals surface area contributed by atoms with Gasteiger partial charge in [-0.25, -0.2) is 4.79 Å². The zero-order valence-electron chi connectivity index (χ0n) is 9.23. The van der Waals surface area contributed by atoms with Gasteiger partial charge in [-0.1, -0.05) is 6.07 Å². The van der Waals surface area contributed by atoms with Gasteiger partial charge in [0.25, 0.3) is 0 Å². The van der Waals surface area contributed by atoms with Crippen molar-refractivity contribution in [2.24, 2.45) is 0 Å². The van der Waals surface area contributed by atoms with Crippen molar-refractivity contribution in [3.8, 4) is 0 Å². The first kappa shape index (κ1) is 13.5. The number of hydrogen-bond donors (Lipinski definition) is 1. The fourth-order valence-electron chi connectivity index (χ4n) is 1.11. The molecule has 0 saturated heterocycles. The number of carbonyl (C=O) groups is 2. The molecule has 0 amide bonds. The third-order valence-corrected chi connectivity index (χ3v) is 2.90. The van der Waals surface area contributed by atoms with E-state index in [0.29, 0.717) is 15.7 Å². The van der Waals surface area contributed by atoms with Crippen LogP contribution in [0.1, 0.15) is 16.8 Å². The van der Waals surface area contributed by atoms with E-state index in [1.165, 1.54) is 7.11 Å². The second-order valence-electron chi connectivity index (χ2n) is 3.17. The van der Waals surface area contributed by atoms with E-state index >= 15 is 0 Å². The van der Waals surface area contributed by atoms with Crippen LogP contribution < -0.4 is 5.73 Å². The van der Waals surface area contributed by atoms with Gasteiger partial charge in [0.15, 0.2) is 0 Å². The van der Waals surface area contributed by atoms with Gasteiger partial charge in [0.1, 0.15) is 6.61 Å². The van der Waals surface area contributed by atoms with Crippen molar-refractivity contribution in [2.75, 3.05) is 19.5 Å². The molecule has 6 heteroatoms. The van der Waals surface area contributed by atoms with Crippen LogP contribution in [-0.2, 0) is 14.3 Å². The molecule has 1 aromatic rings. The minimum atomic E-state index is -0.534. The normalized spacial score (nSPS) is 9.76. The highest BCUT2D eigenvalue weighted by atomic mass is 79.9. The summed E-state index contributed by atoms with van der Waals surface area (Å²) >= 11 is 3.20. The molecule has 0 aliphatic heterocycles. The number of methoxy groups -OCH3 is 1. The Balaban J connectivity index is 2.59. The molecule has 0 heterocycles. The summed E-state index contributed by atoms with van der Waals surface area (Å²) in [5.74, 6) is -0.961. The van der Waals surface area contributed by atoms with Crippen molar-refractivity contribution >= 4 is 33.6 Å². The van der Waals surface area contributed by atoms with Crippen LogP contribution in [-0.4, -0.2) is 25.7 Å². The Labute approximate surface area is 107 Å². The summed E-state index contributed by atoms with van der Waals surface area (Å²) in [6, 6.07) is 4.90. The molecule has 5 nitrogen and oxygen atoms in total. The third kappa shape index (κ3) is 3.74. The van der Waals surface area contributed by atoms with Crippen molar-refractivity contribution in [1.82, 2.24) is 0 Å². The van der Waals surface area contributed by atoms with Crippen molar-refractivity contribution in [1.29, 1.82) is 0 Å². The number of hydrogen-bond acceptors (Lipinski definition) is 5. The van der Waals surface area contributed by atoms with E-state index in [9.17, 15) is 9.59 Å². The van der Waals surface area contributed by atoms with E-state index in [1.807, 2.05) is 0 Å². The summed E-state index contributed by atoms with van der Waals surface area (Å²) in [6.07, 6.45) is 0.0299. The van der Waals surface area contributed by atoms with Crippen molar-refractivity contribution in [3.63, 3.8) is 0 Å². The lowest BCUT2D eigenvalue weighted by Crippen LogP contribution is -2.11. The molecule has 0 aromatic heterocycles. The molecule has 17 heavy (non-hydrogen) atoms. The topological polar surface area (TPSA) is 78.6 Å². The Morgan fingerprint density at radius 1 is 1.41 bits per heavy atom. The Hall–Kier alpha value is -1.56. The van der Waals surface area contributed by atoms with E-state index in [2.05, 4.69) is 20.7 Å². The minimum Gasteiger partial charge on any atom is -0.469 e. The van der Waals surface area contributed by atoms with Crippen LogP contribution in [0, 0.1) is 0 Å². The van der Waals surface area contributed by atoms with Gasteiger partial charge < -0.3 is 15.2 Å². The van der Waals surface area contributed by atoms with Gasteiger partial charge >= 0.3 is 11.9 Å². The zero-order valence-corrected chi connectivity index (χ0v) is 10.8. The number of carbonyl (C=O) groups excluding carboxylic acids is 2. The van der Waals surface area contributed by atoms with Crippen LogP contribution in [0.15, 0.2) is 22.7 Å². The highest BCUT2D eigenvalue weighted by Crippen LogP contribution is 2.24. The predicted molar refractivity (Wildman–Crippen MR) is 65.5 cm³/mol. The maximum Gasteiger partial charge on any atom is 0.339 e. The Kier molecular flexibility index (Phi) is 4.96. The van der Waals surface area contributed by atoms with Gasteiger partial charge in [0, 0.05) is 5.69 Å². The molecular formula is C11H12BrNO4. The van der Waals surface area contributed by atoms with E-state index < -0.39 is 11.9 Å². The average molecular weight is 302 g/mol. The molecule has 0 bridgehead atoms. The molecule has 0 unspecified atom stereocenters. The minimum absolute atomic E-state index is 0.0211. The van der Waals surface area contributed by atoms with Crippen molar-refractivity contribution in [3.05, 3.63) is 28.2 Å². The Morgan fingerprint density at radius 2 is 2.12 bits per heavy atom. The molecule has 0 radical (unpaired) electrons. The van der Waals surface area contributed by atoms with Gasteiger partial charge in [-0.05, 0) is 28.1 Å². The van der Waals surface area contributed by atoms with Crippen LogP contribution in [0.4, 0.5) is 5.69 Å². The molecular weight excluding hydrogens is 290 g/mol. The lowest BCUT2D eigenvalue weighted by atomic mass is 10.2. The summed E-state index contributed by atoms with van der Waals surface area (Å²) in [4.78, 5) is 22.4. The molecule has 0 atom stereocenters. The van der Waals surface area contributed by atoms with E-state index in [0.717, 1.165) is 0 Å². The standard InChI is InChI=1S/C11H12BrNO4/c1-16-9(14)5-6-17-11(15)7-3-2-4-8(13)10(7)12/h2-4H,5-6,13H2,1H3. The largest absolute Gasteiger partial charge is 0.469 e. The summed E-state index contributed by atoms with van der Waals surface area (Å²) < 4.78 is 9.82. The number of halogens is 1. The summed E-state index contributed by atoms with van der Waals surface area (Å²) in [5, 5.41) is 0. The zero-order chi connectivity index (χ0) is 12.8. The van der Waals surface area contributed by atoms with Crippen molar-refractivity contribution < 1.29 is 19.1 Å². The number of rotatable bonds is 4. The number of anilines is 1. The van der Waals surface area contributed by atoms with Gasteiger partial charge in [-0.3, -0.25) is 4.79 Å². The smallest absolute Gasteiger partial charge is 0.339 e. The summed E-state index contributed by atoms with van der Waals surface area (Å²) in [5.41, 5.74) is 6.41. The summed E-state index contributed by atoms with van der Waals surface area (Å²) in [6.45, 7) is -0.0211. The highest BCUT2D eigenvalue weighted by Gasteiger charge is 2.13. The van der Waals surface area contributed by atoms with Crippen LogP contribution >= 0.6 is 15.9 Å². The summed E-state index contributed by atoms with van der Waals surface area (Å²) in [7, 11) is 1.28. The molecule has 0 spiro atoms. The van der Waals surface area contributed by atoms with Crippen LogP contribution in [0.5, 0.6) is 0 Å². The Morgan fingerprint density at radius 3 is 2.76 bits per heavy atom. The van der Waals surface area contributed by atoms with Crippen LogP contribution in [0.2, 0.25) is 0 Å². The lowest BCUT2D eigenvalue weighted by molar-refractivity contribution is -0.141. The number of nitrogens with two attached hydrogens (primary N) is 1. The molecule has 0 aliphatic carbocycles. The second kappa shape index (κ2) is 6.24. The first-order valence-corrected chi connectivity index (χ1v) is 5.63. The molecule has 0 saturated carbocycles. The molecule has 1 rings (SSSR count). The van der Waals surface area contributed by atoms with Gasteiger partial charge in [-0.2, -0.15) is 0 Å². The molecule has 0 fully saturated rings. The second-order valence-corrected chi connectivity index (χ2v) is 3.96. The average Bonchev–Trinajstić information content (AvgIpc) is 2.32. The number of nitrogen functional groups attached to an aromatic ring is 1. The maximum absolute atomic E-state index is 11.6. The quantitative estimate of drug-likeness (QED) is 0.677. The number of ether oxygens (including phenoxy) is 2. The molecule has 1 aromatic carbocycles. The van der Waals surface area contributed by atoms with Crippen molar-refractivity contribution in [2.45, 2.75) is 6.42 Å². The van der Waals surface area contributed by atoms with Gasteiger partial charge in [0.05, 0.1) is 23.6 Å². The lowest BCUT2D eigenvalue weighted by Gasteiger charge is -2.07. The Bertz CT molecular complexity index is 433. The molecule has 92 valence electrons. The van der Waals surface area contributed by atoms with Gasteiger partial charge in [0.2, 0.25) is 0 Å². The third-order valence-electron chi connectivity index (χ3n) is 2.02. The fraction of sp³-hybridized carbons (Fsp3) is 0.273. The SMILES string of the molecule is COC(=O)CCOC(=O)c1cccc(N)c1Br. The number of esters is 2. The first-order valence-electron chi connectivity index (χ1n) is 4.84. The fourth-order valence-corrected chi connectivity index (χ4v) is 1.54. The molecule has 0 aliphatic rings. The van der Waals surface area contributed by atoms with Crippen LogP contribution in [0.25, 0.3) is 0 Å². The van der Waals surface area contributed by atoms with E-state index in [-0.39, 0.29) is 13.0 Å². The monoisotopic (exact) mass is 301 g/mol. The van der Waals surface area contributed by atoms with Gasteiger partial charge in [-0.15, -0.1) is 0 Å². The highest BCUT2D eigenvalue weighted by molar-refractivity contribution is 9.10. The van der Waals surface area contributed by atoms with E-state index in [1.54, 1.807) is 18.2 Å². The number of benzene rings is 1.